The van der Waals surface area contributed by atoms with E-state index < -0.39 is 11.7 Å². The Labute approximate surface area is 115 Å². The molecule has 0 radical (unpaired) electrons. The standard InChI is InChI=1S/C15H16F3NO/c16-15(17,18)12-6-4-7-13(9-12)19-10-11-5-2-1-3-8-14(11)20/h4,6-7,9-10,19H,1-3,5,8H2. The molecular formula is C15H16F3NO. The lowest BCUT2D eigenvalue weighted by Gasteiger charge is -2.09. The van der Waals surface area contributed by atoms with Gasteiger partial charge in [0.25, 0.3) is 0 Å². The molecule has 1 N–H and O–H groups in total. The first-order valence-corrected chi connectivity index (χ1v) is 6.63. The highest BCUT2D eigenvalue weighted by Crippen LogP contribution is 2.30. The molecule has 1 aliphatic carbocycles. The Morgan fingerprint density at radius 1 is 1.10 bits per heavy atom. The molecule has 0 aliphatic heterocycles. The van der Waals surface area contributed by atoms with Crippen molar-refractivity contribution in [2.75, 3.05) is 5.32 Å². The minimum Gasteiger partial charge on any atom is -0.361 e. The average molecular weight is 283 g/mol. The minimum atomic E-state index is -4.36. The largest absolute Gasteiger partial charge is 0.416 e. The number of rotatable bonds is 2. The van der Waals surface area contributed by atoms with Crippen molar-refractivity contribution in [1.29, 1.82) is 0 Å². The van der Waals surface area contributed by atoms with E-state index in [0.29, 0.717) is 24.1 Å². The number of hydrogen-bond acceptors (Lipinski definition) is 2. The molecule has 108 valence electrons. The van der Waals surface area contributed by atoms with E-state index in [1.54, 1.807) is 12.3 Å². The molecule has 1 aliphatic rings. The first-order valence-electron chi connectivity index (χ1n) is 6.63. The normalized spacial score (nSPS) is 18.9. The topological polar surface area (TPSA) is 29.1 Å². The monoisotopic (exact) mass is 283 g/mol. The summed E-state index contributed by atoms with van der Waals surface area (Å²) in [4.78, 5) is 11.8. The molecule has 5 heteroatoms. The highest BCUT2D eigenvalue weighted by Gasteiger charge is 2.30. The third kappa shape index (κ3) is 3.85. The van der Waals surface area contributed by atoms with Gasteiger partial charge in [0.15, 0.2) is 5.78 Å². The van der Waals surface area contributed by atoms with Crippen molar-refractivity contribution >= 4 is 11.5 Å². The average Bonchev–Trinajstić information content (AvgIpc) is 2.60. The molecule has 1 fully saturated rings. The van der Waals surface area contributed by atoms with Crippen molar-refractivity contribution in [3.8, 4) is 0 Å². The van der Waals surface area contributed by atoms with Gasteiger partial charge in [0, 0.05) is 23.9 Å². The number of ketones is 1. The van der Waals surface area contributed by atoms with Crippen LogP contribution < -0.4 is 5.32 Å². The van der Waals surface area contributed by atoms with Crippen LogP contribution in [-0.2, 0) is 11.0 Å². The molecule has 0 saturated heterocycles. The van der Waals surface area contributed by atoms with Crippen LogP contribution in [0.15, 0.2) is 36.0 Å². The summed E-state index contributed by atoms with van der Waals surface area (Å²) in [7, 11) is 0. The van der Waals surface area contributed by atoms with Gasteiger partial charge in [-0.1, -0.05) is 12.5 Å². The molecule has 1 saturated carbocycles. The SMILES string of the molecule is O=C1CCCCCC1=CNc1cccc(C(F)(F)F)c1. The summed E-state index contributed by atoms with van der Waals surface area (Å²) in [6.45, 7) is 0. The zero-order chi connectivity index (χ0) is 14.6. The quantitative estimate of drug-likeness (QED) is 0.638. The summed E-state index contributed by atoms with van der Waals surface area (Å²) in [6, 6.07) is 4.96. The zero-order valence-electron chi connectivity index (χ0n) is 11.0. The van der Waals surface area contributed by atoms with E-state index in [9.17, 15) is 18.0 Å². The summed E-state index contributed by atoms with van der Waals surface area (Å²) < 4.78 is 37.7. The van der Waals surface area contributed by atoms with Gasteiger partial charge in [-0.15, -0.1) is 0 Å². The van der Waals surface area contributed by atoms with Crippen molar-refractivity contribution in [2.45, 2.75) is 38.3 Å². The Bertz CT molecular complexity index is 520. The fourth-order valence-corrected chi connectivity index (χ4v) is 2.19. The first kappa shape index (κ1) is 14.6. The van der Waals surface area contributed by atoms with Crippen LogP contribution in [0.4, 0.5) is 18.9 Å². The minimum absolute atomic E-state index is 0.0852. The van der Waals surface area contributed by atoms with Crippen molar-refractivity contribution in [3.05, 3.63) is 41.6 Å². The van der Waals surface area contributed by atoms with E-state index in [4.69, 9.17) is 0 Å². The molecule has 0 aromatic heterocycles. The molecule has 0 atom stereocenters. The van der Waals surface area contributed by atoms with E-state index >= 15 is 0 Å². The Morgan fingerprint density at radius 3 is 2.60 bits per heavy atom. The number of nitrogens with one attached hydrogen (secondary N) is 1. The lowest BCUT2D eigenvalue weighted by Crippen LogP contribution is -2.06. The maximum Gasteiger partial charge on any atom is 0.416 e. The van der Waals surface area contributed by atoms with Crippen LogP contribution in [0.2, 0.25) is 0 Å². The maximum atomic E-state index is 12.6. The van der Waals surface area contributed by atoms with Crippen molar-refractivity contribution in [3.63, 3.8) is 0 Å². The Balaban J connectivity index is 2.12. The number of Topliss-reactive ketones (excluding diaryl/α,β-unsaturated/α-hetero) is 1. The number of benzene rings is 1. The van der Waals surface area contributed by atoms with E-state index in [2.05, 4.69) is 5.32 Å². The molecule has 1 aromatic rings. The molecule has 2 nitrogen and oxygen atoms in total. The van der Waals surface area contributed by atoms with Gasteiger partial charge >= 0.3 is 6.18 Å². The highest BCUT2D eigenvalue weighted by atomic mass is 19.4. The molecule has 0 amide bonds. The predicted octanol–water partition coefficient (Wildman–Crippen LogP) is 4.53. The summed E-state index contributed by atoms with van der Waals surface area (Å²) in [5.74, 6) is 0.0852. The predicted molar refractivity (Wildman–Crippen MR) is 71.2 cm³/mol. The van der Waals surface area contributed by atoms with E-state index in [1.165, 1.54) is 6.07 Å². The van der Waals surface area contributed by atoms with Crippen LogP contribution >= 0.6 is 0 Å². The Kier molecular flexibility index (Phi) is 4.47. The third-order valence-corrected chi connectivity index (χ3v) is 3.31. The van der Waals surface area contributed by atoms with Gasteiger partial charge in [0.2, 0.25) is 0 Å². The molecule has 20 heavy (non-hydrogen) atoms. The van der Waals surface area contributed by atoms with Crippen LogP contribution in [0.25, 0.3) is 0 Å². The number of allylic oxidation sites excluding steroid dienone is 1. The van der Waals surface area contributed by atoms with Crippen LogP contribution in [0.3, 0.4) is 0 Å². The fraction of sp³-hybridized carbons (Fsp3) is 0.400. The smallest absolute Gasteiger partial charge is 0.361 e. The van der Waals surface area contributed by atoms with Crippen LogP contribution in [0, 0.1) is 0 Å². The van der Waals surface area contributed by atoms with Crippen molar-refractivity contribution in [2.24, 2.45) is 0 Å². The second-order valence-corrected chi connectivity index (χ2v) is 4.88. The highest BCUT2D eigenvalue weighted by molar-refractivity contribution is 5.95. The van der Waals surface area contributed by atoms with Crippen molar-refractivity contribution < 1.29 is 18.0 Å². The molecule has 2 rings (SSSR count). The second kappa shape index (κ2) is 6.11. The molecule has 0 bridgehead atoms. The van der Waals surface area contributed by atoms with Crippen molar-refractivity contribution in [1.82, 2.24) is 0 Å². The van der Waals surface area contributed by atoms with Crippen LogP contribution in [-0.4, -0.2) is 5.78 Å². The van der Waals surface area contributed by atoms with Crippen LogP contribution in [0.5, 0.6) is 0 Å². The molecular weight excluding hydrogens is 267 g/mol. The second-order valence-electron chi connectivity index (χ2n) is 4.88. The number of halogens is 3. The fourth-order valence-electron chi connectivity index (χ4n) is 2.19. The van der Waals surface area contributed by atoms with E-state index in [0.717, 1.165) is 31.4 Å². The zero-order valence-corrected chi connectivity index (χ0v) is 11.0. The molecule has 0 heterocycles. The van der Waals surface area contributed by atoms with Gasteiger partial charge < -0.3 is 5.32 Å². The number of hydrogen-bond donors (Lipinski definition) is 1. The van der Waals surface area contributed by atoms with Gasteiger partial charge in [-0.3, -0.25) is 4.79 Å². The molecule has 1 aromatic carbocycles. The number of alkyl halides is 3. The lowest BCUT2D eigenvalue weighted by atomic mass is 10.1. The van der Waals surface area contributed by atoms with Gasteiger partial charge in [-0.2, -0.15) is 13.2 Å². The van der Waals surface area contributed by atoms with E-state index in [-0.39, 0.29) is 5.78 Å². The lowest BCUT2D eigenvalue weighted by molar-refractivity contribution is -0.137. The van der Waals surface area contributed by atoms with Gasteiger partial charge in [0.1, 0.15) is 0 Å². The Morgan fingerprint density at radius 2 is 1.85 bits per heavy atom. The number of carbonyl (C=O) groups is 1. The third-order valence-electron chi connectivity index (χ3n) is 3.31. The van der Waals surface area contributed by atoms with Crippen LogP contribution in [0.1, 0.15) is 37.7 Å². The first-order chi connectivity index (χ1) is 9.47. The van der Waals surface area contributed by atoms with Gasteiger partial charge in [-0.25, -0.2) is 0 Å². The molecule has 0 unspecified atom stereocenters. The van der Waals surface area contributed by atoms with E-state index in [1.807, 2.05) is 0 Å². The molecule has 0 spiro atoms. The van der Waals surface area contributed by atoms with Gasteiger partial charge in [0.05, 0.1) is 5.56 Å². The summed E-state index contributed by atoms with van der Waals surface area (Å²) >= 11 is 0. The number of anilines is 1. The van der Waals surface area contributed by atoms with Gasteiger partial charge in [-0.05, 0) is 37.5 Å². The number of carbonyl (C=O) groups excluding carboxylic acids is 1. The summed E-state index contributed by atoms with van der Waals surface area (Å²) in [5, 5.41) is 2.80. The summed E-state index contributed by atoms with van der Waals surface area (Å²) in [6.07, 6.45) is 1.25. The summed E-state index contributed by atoms with van der Waals surface area (Å²) in [5.41, 5.74) is 0.303. The maximum absolute atomic E-state index is 12.6. The Hall–Kier alpha value is -1.78.